The number of rotatable bonds is 10. The van der Waals surface area contributed by atoms with E-state index < -0.39 is 9.84 Å². The predicted molar refractivity (Wildman–Crippen MR) is 134 cm³/mol. The summed E-state index contributed by atoms with van der Waals surface area (Å²) in [6.07, 6.45) is 2.88. The smallest absolute Gasteiger partial charge is 0.178 e. The second kappa shape index (κ2) is 10.9. The molecular weight excluding hydrogens is 462 g/mol. The van der Waals surface area contributed by atoms with E-state index >= 15 is 0 Å². The number of hydrogen-bond acceptors (Lipinski definition) is 7. The number of hydrogen-bond donors (Lipinski definition) is 0. The Balaban J connectivity index is 1.28. The SMILES string of the molecule is COc1ccc(C(=O)CN(C)C2C3CCC2CN(CCCS(=O)(=O)c2ccc(C#N)cc2)C3)cc1. The van der Waals surface area contributed by atoms with Gasteiger partial charge in [0.15, 0.2) is 15.6 Å². The van der Waals surface area contributed by atoms with E-state index in [0.29, 0.717) is 42.0 Å². The number of Topliss-reactive ketones (excluding diaryl/α,β-unsaturated/α-hetero) is 1. The first-order valence-electron chi connectivity index (χ1n) is 12.1. The van der Waals surface area contributed by atoms with E-state index in [1.54, 1.807) is 19.2 Å². The molecule has 0 radical (unpaired) electrons. The fourth-order valence-electron chi connectivity index (χ4n) is 5.73. The maximum Gasteiger partial charge on any atom is 0.178 e. The maximum atomic E-state index is 12.8. The number of ether oxygens (including phenoxy) is 1. The Hall–Kier alpha value is -2.73. The van der Waals surface area contributed by atoms with Gasteiger partial charge in [-0.3, -0.25) is 9.69 Å². The van der Waals surface area contributed by atoms with Gasteiger partial charge in [0.1, 0.15) is 5.75 Å². The molecule has 2 fully saturated rings. The van der Waals surface area contributed by atoms with Crippen molar-refractivity contribution in [2.45, 2.75) is 30.2 Å². The van der Waals surface area contributed by atoms with Crippen molar-refractivity contribution >= 4 is 15.6 Å². The summed E-state index contributed by atoms with van der Waals surface area (Å²) >= 11 is 0. The minimum atomic E-state index is -3.36. The zero-order valence-electron chi connectivity index (χ0n) is 20.4. The summed E-state index contributed by atoms with van der Waals surface area (Å²) in [5.41, 5.74) is 1.16. The van der Waals surface area contributed by atoms with Gasteiger partial charge in [-0.1, -0.05) is 0 Å². The molecule has 1 saturated carbocycles. The van der Waals surface area contributed by atoms with Crippen molar-refractivity contribution in [3.63, 3.8) is 0 Å². The highest BCUT2D eigenvalue weighted by Gasteiger charge is 2.44. The number of sulfone groups is 1. The largest absolute Gasteiger partial charge is 0.497 e. The van der Waals surface area contributed by atoms with E-state index in [4.69, 9.17) is 10.00 Å². The van der Waals surface area contributed by atoms with Crippen molar-refractivity contribution in [1.82, 2.24) is 9.80 Å². The van der Waals surface area contributed by atoms with E-state index in [2.05, 4.69) is 16.8 Å². The van der Waals surface area contributed by atoms with Crippen LogP contribution >= 0.6 is 0 Å². The van der Waals surface area contributed by atoms with Crippen molar-refractivity contribution in [3.8, 4) is 11.8 Å². The Morgan fingerprint density at radius 1 is 1.09 bits per heavy atom. The van der Waals surface area contributed by atoms with Gasteiger partial charge in [-0.2, -0.15) is 5.26 Å². The van der Waals surface area contributed by atoms with Crippen LogP contribution in [0.25, 0.3) is 0 Å². The summed E-state index contributed by atoms with van der Waals surface area (Å²) in [6, 6.07) is 15.8. The van der Waals surface area contributed by atoms with E-state index in [-0.39, 0.29) is 16.4 Å². The number of nitriles is 1. The quantitative estimate of drug-likeness (QED) is 0.467. The molecule has 0 amide bonds. The molecule has 35 heavy (non-hydrogen) atoms. The van der Waals surface area contributed by atoms with Gasteiger partial charge in [0.05, 0.1) is 35.9 Å². The molecule has 1 heterocycles. The number of carbonyl (C=O) groups is 1. The summed E-state index contributed by atoms with van der Waals surface area (Å²) in [6.45, 7) is 3.04. The van der Waals surface area contributed by atoms with Gasteiger partial charge in [0.2, 0.25) is 0 Å². The molecule has 2 atom stereocenters. The molecule has 2 aromatic rings. The summed E-state index contributed by atoms with van der Waals surface area (Å²) in [4.78, 5) is 17.7. The predicted octanol–water partition coefficient (Wildman–Crippen LogP) is 3.26. The van der Waals surface area contributed by atoms with Gasteiger partial charge in [0, 0.05) is 24.7 Å². The first kappa shape index (κ1) is 25.4. The number of nitrogens with zero attached hydrogens (tertiary/aromatic N) is 3. The average molecular weight is 496 g/mol. The molecule has 7 nitrogen and oxygen atoms in total. The van der Waals surface area contributed by atoms with Crippen LogP contribution in [0.3, 0.4) is 0 Å². The van der Waals surface area contributed by atoms with Crippen molar-refractivity contribution in [1.29, 1.82) is 5.26 Å². The van der Waals surface area contributed by atoms with Crippen LogP contribution < -0.4 is 4.74 Å². The monoisotopic (exact) mass is 495 g/mol. The van der Waals surface area contributed by atoms with Crippen LogP contribution in [0.15, 0.2) is 53.4 Å². The van der Waals surface area contributed by atoms with Crippen LogP contribution in [0, 0.1) is 23.2 Å². The molecule has 186 valence electrons. The van der Waals surface area contributed by atoms with E-state index in [9.17, 15) is 13.2 Å². The lowest BCUT2D eigenvalue weighted by Crippen LogP contribution is -2.52. The summed E-state index contributed by atoms with van der Waals surface area (Å²) in [7, 11) is 0.309. The topological polar surface area (TPSA) is 90.7 Å². The third kappa shape index (κ3) is 5.92. The zero-order valence-corrected chi connectivity index (χ0v) is 21.2. The van der Waals surface area contributed by atoms with Crippen LogP contribution in [-0.4, -0.2) is 76.1 Å². The molecule has 2 aliphatic rings. The first-order chi connectivity index (χ1) is 16.8. The van der Waals surface area contributed by atoms with Crippen LogP contribution in [0.2, 0.25) is 0 Å². The molecule has 4 rings (SSSR count). The normalized spacial score (nSPS) is 22.2. The summed E-state index contributed by atoms with van der Waals surface area (Å²) in [5.74, 6) is 1.95. The van der Waals surface area contributed by atoms with Gasteiger partial charge < -0.3 is 9.64 Å². The fourth-order valence-corrected chi connectivity index (χ4v) is 7.02. The number of likely N-dealkylation sites (N-methyl/N-ethyl adjacent to an activating group) is 1. The van der Waals surface area contributed by atoms with Gasteiger partial charge in [-0.15, -0.1) is 0 Å². The molecule has 2 aromatic carbocycles. The number of carbonyl (C=O) groups excluding carboxylic acids is 1. The Labute approximate surface area is 208 Å². The molecule has 1 saturated heterocycles. The van der Waals surface area contributed by atoms with Crippen LogP contribution in [0.5, 0.6) is 5.75 Å². The molecule has 2 bridgehead atoms. The van der Waals surface area contributed by atoms with E-state index in [1.165, 1.54) is 12.1 Å². The van der Waals surface area contributed by atoms with Crippen LogP contribution in [-0.2, 0) is 9.84 Å². The second-order valence-corrected chi connectivity index (χ2v) is 11.8. The molecule has 8 heteroatoms. The van der Waals surface area contributed by atoms with Crippen LogP contribution in [0.1, 0.15) is 35.2 Å². The highest BCUT2D eigenvalue weighted by molar-refractivity contribution is 7.91. The summed E-state index contributed by atoms with van der Waals surface area (Å²) in [5, 5.41) is 8.90. The third-order valence-electron chi connectivity index (χ3n) is 7.40. The lowest BCUT2D eigenvalue weighted by atomic mass is 9.90. The van der Waals surface area contributed by atoms with Crippen molar-refractivity contribution in [2.75, 3.05) is 46.1 Å². The van der Waals surface area contributed by atoms with E-state index in [1.807, 2.05) is 30.3 Å². The zero-order chi connectivity index (χ0) is 25.0. The molecule has 0 spiro atoms. The number of methoxy groups -OCH3 is 1. The van der Waals surface area contributed by atoms with Gasteiger partial charge in [0.25, 0.3) is 0 Å². The number of piperidine rings is 1. The molecule has 0 N–H and O–H groups in total. The number of fused-ring (bicyclic) bond motifs is 2. The van der Waals surface area contributed by atoms with Crippen molar-refractivity contribution < 1.29 is 17.9 Å². The van der Waals surface area contributed by atoms with Crippen molar-refractivity contribution in [2.24, 2.45) is 11.8 Å². The molecule has 1 aliphatic heterocycles. The first-order valence-corrected chi connectivity index (χ1v) is 13.8. The third-order valence-corrected chi connectivity index (χ3v) is 9.22. The molecule has 1 aliphatic carbocycles. The van der Waals surface area contributed by atoms with Crippen LogP contribution in [0.4, 0.5) is 0 Å². The van der Waals surface area contributed by atoms with Crippen molar-refractivity contribution in [3.05, 3.63) is 59.7 Å². The number of likely N-dealkylation sites (tertiary alicyclic amines) is 1. The maximum absolute atomic E-state index is 12.8. The second-order valence-electron chi connectivity index (χ2n) is 9.72. The Morgan fingerprint density at radius 3 is 2.29 bits per heavy atom. The standard InChI is InChI=1S/C27H33N3O4S/c1-29(19-26(31)21-8-10-24(34-2)11-9-21)27-22-6-7-23(27)18-30(17-22)14-3-15-35(32,33)25-12-4-20(16-28)5-13-25/h4-5,8-13,22-23,27H,3,6-7,14-15,17-19H2,1-2H3. The lowest BCUT2D eigenvalue weighted by Gasteiger charge is -2.42. The van der Waals surface area contributed by atoms with Gasteiger partial charge in [-0.25, -0.2) is 8.42 Å². The fraction of sp³-hybridized carbons (Fsp3) is 0.481. The number of ketones is 1. The minimum absolute atomic E-state index is 0.102. The minimum Gasteiger partial charge on any atom is -0.497 e. The van der Waals surface area contributed by atoms with Gasteiger partial charge in [-0.05, 0) is 93.2 Å². The number of benzene rings is 2. The average Bonchev–Trinajstić information content (AvgIpc) is 3.14. The Morgan fingerprint density at radius 2 is 1.71 bits per heavy atom. The highest BCUT2D eigenvalue weighted by atomic mass is 32.2. The molecule has 0 aromatic heterocycles. The van der Waals surface area contributed by atoms with E-state index in [0.717, 1.165) is 38.2 Å². The Kier molecular flexibility index (Phi) is 7.90. The molecular formula is C27H33N3O4S. The highest BCUT2D eigenvalue weighted by Crippen LogP contribution is 2.39. The Bertz CT molecular complexity index is 1160. The summed E-state index contributed by atoms with van der Waals surface area (Å²) < 4.78 is 30.5. The van der Waals surface area contributed by atoms with Gasteiger partial charge >= 0.3 is 0 Å². The lowest BCUT2D eigenvalue weighted by molar-refractivity contribution is 0.0569. The molecule has 2 unspecified atom stereocenters.